The summed E-state index contributed by atoms with van der Waals surface area (Å²) in [6, 6.07) is 5.57. The van der Waals surface area contributed by atoms with Gasteiger partial charge in [0.25, 0.3) is 0 Å². The number of ketones is 1. The van der Waals surface area contributed by atoms with Crippen LogP contribution in [0.5, 0.6) is 0 Å². The summed E-state index contributed by atoms with van der Waals surface area (Å²) in [4.78, 5) is 26.2. The van der Waals surface area contributed by atoms with Gasteiger partial charge in [-0.3, -0.25) is 9.36 Å². The summed E-state index contributed by atoms with van der Waals surface area (Å²) in [5.74, 6) is 0.388. The zero-order valence-corrected chi connectivity index (χ0v) is 12.3. The van der Waals surface area contributed by atoms with Crippen molar-refractivity contribution in [2.75, 3.05) is 0 Å². The molecular weight excluding hydrogens is 304 g/mol. The van der Waals surface area contributed by atoms with Gasteiger partial charge in [-0.2, -0.15) is 0 Å². The Labute approximate surface area is 127 Å². The van der Waals surface area contributed by atoms with E-state index >= 15 is 0 Å². The highest BCUT2D eigenvalue weighted by Crippen LogP contribution is 2.26. The first kappa shape index (κ1) is 12.4. The second kappa shape index (κ2) is 4.87. The Kier molecular flexibility index (Phi) is 2.87. The smallest absolute Gasteiger partial charge is 0.236 e. The van der Waals surface area contributed by atoms with E-state index in [1.807, 2.05) is 29.0 Å². The summed E-state index contributed by atoms with van der Waals surface area (Å²) in [7, 11) is 0. The highest BCUT2D eigenvalue weighted by atomic mass is 32.1. The fraction of sp³-hybridized carbons (Fsp3) is 0. The van der Waals surface area contributed by atoms with Crippen molar-refractivity contribution in [3.63, 3.8) is 0 Å². The second-order valence-electron chi connectivity index (χ2n) is 4.28. The standard InChI is InChI=1S/C14H8N4OS2/c19-12(10-2-1-6-20-10)11-13-9(3-7-21-13)16-14(17-11)18-5-4-15-8-18/h1-8H. The molecule has 0 bridgehead atoms. The number of thiophene rings is 2. The lowest BCUT2D eigenvalue weighted by Crippen LogP contribution is -2.07. The Hall–Kier alpha value is -2.38. The van der Waals surface area contributed by atoms with E-state index in [2.05, 4.69) is 15.0 Å². The van der Waals surface area contributed by atoms with E-state index in [9.17, 15) is 4.79 Å². The summed E-state index contributed by atoms with van der Waals surface area (Å²) in [6.07, 6.45) is 5.03. The molecule has 0 atom stereocenters. The summed E-state index contributed by atoms with van der Waals surface area (Å²) < 4.78 is 2.51. The van der Waals surface area contributed by atoms with E-state index in [0.717, 1.165) is 10.2 Å². The SMILES string of the molecule is O=C(c1cccs1)c1nc(-n2ccnc2)nc2ccsc12. The molecule has 0 spiro atoms. The molecule has 0 saturated carbocycles. The first-order valence-corrected chi connectivity index (χ1v) is 7.90. The highest BCUT2D eigenvalue weighted by molar-refractivity contribution is 7.17. The Bertz CT molecular complexity index is 910. The molecule has 0 N–H and O–H groups in total. The molecule has 5 nitrogen and oxygen atoms in total. The Balaban J connectivity index is 1.95. The Morgan fingerprint density at radius 3 is 2.86 bits per heavy atom. The summed E-state index contributed by atoms with van der Waals surface area (Å²) in [5, 5.41) is 3.80. The van der Waals surface area contributed by atoms with E-state index in [4.69, 9.17) is 0 Å². The van der Waals surface area contributed by atoms with Crippen LogP contribution in [0, 0.1) is 0 Å². The van der Waals surface area contributed by atoms with Crippen LogP contribution >= 0.6 is 22.7 Å². The molecule has 4 rings (SSSR count). The molecule has 0 fully saturated rings. The molecule has 0 aliphatic carbocycles. The van der Waals surface area contributed by atoms with Crippen LogP contribution < -0.4 is 0 Å². The van der Waals surface area contributed by atoms with E-state index < -0.39 is 0 Å². The van der Waals surface area contributed by atoms with Crippen LogP contribution in [0.25, 0.3) is 16.2 Å². The predicted molar refractivity (Wildman–Crippen MR) is 82.3 cm³/mol. The van der Waals surface area contributed by atoms with E-state index in [1.54, 1.807) is 23.3 Å². The number of carbonyl (C=O) groups is 1. The maximum absolute atomic E-state index is 12.6. The van der Waals surface area contributed by atoms with Crippen LogP contribution in [0.15, 0.2) is 47.7 Å². The number of hydrogen-bond donors (Lipinski definition) is 0. The van der Waals surface area contributed by atoms with Crippen LogP contribution in [-0.4, -0.2) is 25.3 Å². The molecule has 4 aromatic rings. The van der Waals surface area contributed by atoms with E-state index in [0.29, 0.717) is 16.5 Å². The lowest BCUT2D eigenvalue weighted by Gasteiger charge is -2.04. The van der Waals surface area contributed by atoms with E-state index in [-0.39, 0.29) is 5.78 Å². The van der Waals surface area contributed by atoms with Crippen molar-refractivity contribution in [1.29, 1.82) is 0 Å². The lowest BCUT2D eigenvalue weighted by atomic mass is 10.2. The van der Waals surface area contributed by atoms with Gasteiger partial charge in [-0.15, -0.1) is 22.7 Å². The van der Waals surface area contributed by atoms with E-state index in [1.165, 1.54) is 22.7 Å². The van der Waals surface area contributed by atoms with Crippen LogP contribution in [0.1, 0.15) is 15.4 Å². The zero-order valence-electron chi connectivity index (χ0n) is 10.6. The molecule has 21 heavy (non-hydrogen) atoms. The summed E-state index contributed by atoms with van der Waals surface area (Å²) >= 11 is 2.90. The summed E-state index contributed by atoms with van der Waals surface area (Å²) in [5.41, 5.74) is 1.22. The number of nitrogens with zero attached hydrogens (tertiary/aromatic N) is 4. The molecule has 4 heterocycles. The third kappa shape index (κ3) is 2.07. The normalized spacial score (nSPS) is 11.0. The van der Waals surface area contributed by atoms with Gasteiger partial charge in [-0.05, 0) is 22.9 Å². The molecule has 7 heteroatoms. The minimum atomic E-state index is -0.0683. The maximum atomic E-state index is 12.6. The first-order chi connectivity index (χ1) is 10.3. The number of imidazole rings is 1. The van der Waals surface area contributed by atoms with Gasteiger partial charge in [0.05, 0.1) is 15.1 Å². The minimum absolute atomic E-state index is 0.0683. The van der Waals surface area contributed by atoms with Gasteiger partial charge >= 0.3 is 0 Å². The summed E-state index contributed by atoms with van der Waals surface area (Å²) in [6.45, 7) is 0. The molecule has 0 unspecified atom stereocenters. The van der Waals surface area contributed by atoms with Crippen molar-refractivity contribution in [2.45, 2.75) is 0 Å². The molecule has 102 valence electrons. The maximum Gasteiger partial charge on any atom is 0.236 e. The molecule has 0 amide bonds. The minimum Gasteiger partial charge on any atom is -0.286 e. The predicted octanol–water partition coefficient (Wildman–Crippen LogP) is 3.17. The van der Waals surface area contributed by atoms with Crippen LogP contribution in [0.3, 0.4) is 0 Å². The van der Waals surface area contributed by atoms with Crippen LogP contribution in [0.4, 0.5) is 0 Å². The zero-order chi connectivity index (χ0) is 14.2. The van der Waals surface area contributed by atoms with Gasteiger partial charge in [-0.25, -0.2) is 15.0 Å². The van der Waals surface area contributed by atoms with Crippen molar-refractivity contribution in [2.24, 2.45) is 0 Å². The van der Waals surface area contributed by atoms with Crippen LogP contribution in [-0.2, 0) is 0 Å². The van der Waals surface area contributed by atoms with Crippen molar-refractivity contribution in [3.8, 4) is 5.95 Å². The van der Waals surface area contributed by atoms with Gasteiger partial charge < -0.3 is 0 Å². The fourth-order valence-corrected chi connectivity index (χ4v) is 3.50. The van der Waals surface area contributed by atoms with Gasteiger partial charge in [0.1, 0.15) is 12.0 Å². The molecule has 0 aliphatic rings. The Morgan fingerprint density at radius 1 is 1.14 bits per heavy atom. The quantitative estimate of drug-likeness (QED) is 0.545. The average Bonchev–Trinajstić information content (AvgIpc) is 3.26. The molecular formula is C14H8N4OS2. The number of fused-ring (bicyclic) bond motifs is 1. The number of aromatic nitrogens is 4. The van der Waals surface area contributed by atoms with Gasteiger partial charge in [0, 0.05) is 12.4 Å². The molecule has 0 aromatic carbocycles. The molecule has 0 radical (unpaired) electrons. The second-order valence-corrected chi connectivity index (χ2v) is 6.15. The lowest BCUT2D eigenvalue weighted by molar-refractivity contribution is 0.103. The number of hydrogen-bond acceptors (Lipinski definition) is 6. The monoisotopic (exact) mass is 312 g/mol. The van der Waals surface area contributed by atoms with Gasteiger partial charge in [-0.1, -0.05) is 6.07 Å². The Morgan fingerprint density at radius 2 is 2.10 bits per heavy atom. The third-order valence-electron chi connectivity index (χ3n) is 2.99. The molecule has 4 aromatic heterocycles. The number of carbonyl (C=O) groups excluding carboxylic acids is 1. The van der Waals surface area contributed by atoms with Crippen molar-refractivity contribution in [1.82, 2.24) is 19.5 Å². The fourth-order valence-electron chi connectivity index (χ4n) is 2.02. The number of rotatable bonds is 3. The van der Waals surface area contributed by atoms with Gasteiger partial charge in [0.15, 0.2) is 0 Å². The first-order valence-electron chi connectivity index (χ1n) is 6.15. The average molecular weight is 312 g/mol. The molecule has 0 saturated heterocycles. The van der Waals surface area contributed by atoms with Crippen molar-refractivity contribution in [3.05, 3.63) is 58.3 Å². The third-order valence-corrected chi connectivity index (χ3v) is 4.77. The van der Waals surface area contributed by atoms with Crippen molar-refractivity contribution < 1.29 is 4.79 Å². The van der Waals surface area contributed by atoms with Crippen LogP contribution in [0.2, 0.25) is 0 Å². The topological polar surface area (TPSA) is 60.7 Å². The van der Waals surface area contributed by atoms with Crippen molar-refractivity contribution >= 4 is 38.7 Å². The largest absolute Gasteiger partial charge is 0.286 e. The van der Waals surface area contributed by atoms with Gasteiger partial charge in [0.2, 0.25) is 11.7 Å². The highest BCUT2D eigenvalue weighted by Gasteiger charge is 2.19. The molecule has 0 aliphatic heterocycles.